The van der Waals surface area contributed by atoms with Gasteiger partial charge in [-0.2, -0.15) is 0 Å². The van der Waals surface area contributed by atoms with E-state index < -0.39 is 16.1 Å². The molecule has 0 unspecified atom stereocenters. The first-order valence-corrected chi connectivity index (χ1v) is 16.9. The fraction of sp³-hybridized carbons (Fsp3) is 0.286. The average Bonchev–Trinajstić information content (AvgIpc) is 3.04. The highest BCUT2D eigenvalue weighted by molar-refractivity contribution is 7.92. The van der Waals surface area contributed by atoms with E-state index >= 15 is 0 Å². The Morgan fingerprint density at radius 3 is 2.37 bits per heavy atom. The van der Waals surface area contributed by atoms with Crippen LogP contribution < -0.4 is 14.2 Å². The SMILES string of the molecule is C[C@H](CO)N1C[C@H](C)[C@H](CN(C)Cc2ccc(Oc3ccccc3)cc2)Oc2ccc(NS(=O)(=O)c3ccc(Cl)cc3)cc2C1=O. The number of rotatable bonds is 11. The lowest BCUT2D eigenvalue weighted by Gasteiger charge is -2.38. The second-order valence-electron chi connectivity index (χ2n) is 11.6. The maximum absolute atomic E-state index is 13.8. The third-order valence-corrected chi connectivity index (χ3v) is 9.54. The van der Waals surface area contributed by atoms with E-state index in [9.17, 15) is 18.3 Å². The van der Waals surface area contributed by atoms with Crippen molar-refractivity contribution >= 4 is 33.2 Å². The number of amides is 1. The molecular formula is C35H38ClN3O6S. The summed E-state index contributed by atoms with van der Waals surface area (Å²) in [6.45, 7) is 5.16. The van der Waals surface area contributed by atoms with E-state index in [1.165, 1.54) is 30.3 Å². The van der Waals surface area contributed by atoms with Gasteiger partial charge in [0.25, 0.3) is 15.9 Å². The van der Waals surface area contributed by atoms with Gasteiger partial charge in [0.15, 0.2) is 0 Å². The number of aliphatic hydroxyl groups excluding tert-OH is 1. The molecule has 4 aromatic rings. The third kappa shape index (κ3) is 8.19. The minimum atomic E-state index is -3.94. The number of nitrogens with one attached hydrogen (secondary N) is 1. The van der Waals surface area contributed by atoms with E-state index in [1.807, 2.05) is 68.6 Å². The number of hydrogen-bond acceptors (Lipinski definition) is 7. The van der Waals surface area contributed by atoms with Crippen LogP contribution in [0.4, 0.5) is 5.69 Å². The summed E-state index contributed by atoms with van der Waals surface area (Å²) in [5, 5.41) is 10.4. The van der Waals surface area contributed by atoms with Crippen molar-refractivity contribution in [3.63, 3.8) is 0 Å². The predicted molar refractivity (Wildman–Crippen MR) is 179 cm³/mol. The summed E-state index contributed by atoms with van der Waals surface area (Å²) in [6, 6.07) is 27.6. The Kier molecular flexibility index (Phi) is 10.5. The normalized spacial score (nSPS) is 17.4. The van der Waals surface area contributed by atoms with E-state index in [2.05, 4.69) is 9.62 Å². The van der Waals surface area contributed by atoms with Gasteiger partial charge in [-0.1, -0.05) is 48.9 Å². The number of sulfonamides is 1. The average molecular weight is 664 g/mol. The first kappa shape index (κ1) is 33.3. The highest BCUT2D eigenvalue weighted by atomic mass is 35.5. The fourth-order valence-electron chi connectivity index (χ4n) is 5.30. The summed E-state index contributed by atoms with van der Waals surface area (Å²) in [5.41, 5.74) is 1.53. The highest BCUT2D eigenvalue weighted by Crippen LogP contribution is 2.32. The van der Waals surface area contributed by atoms with Gasteiger partial charge in [-0.25, -0.2) is 8.42 Å². The summed E-state index contributed by atoms with van der Waals surface area (Å²) in [7, 11) is -1.93. The van der Waals surface area contributed by atoms with Crippen molar-refractivity contribution < 1.29 is 27.8 Å². The summed E-state index contributed by atoms with van der Waals surface area (Å²) in [4.78, 5) is 17.6. The van der Waals surface area contributed by atoms with Gasteiger partial charge in [-0.05, 0) is 86.3 Å². The van der Waals surface area contributed by atoms with E-state index in [1.54, 1.807) is 24.0 Å². The molecular weight excluding hydrogens is 626 g/mol. The van der Waals surface area contributed by atoms with Crippen molar-refractivity contribution in [2.75, 3.05) is 31.5 Å². The Hall–Kier alpha value is -4.09. The van der Waals surface area contributed by atoms with Crippen LogP contribution in [0.15, 0.2) is 102 Å². The second kappa shape index (κ2) is 14.6. The monoisotopic (exact) mass is 663 g/mol. The van der Waals surface area contributed by atoms with Gasteiger partial charge < -0.3 is 19.5 Å². The van der Waals surface area contributed by atoms with Crippen LogP contribution in [-0.4, -0.2) is 68.1 Å². The Morgan fingerprint density at radius 1 is 1.02 bits per heavy atom. The van der Waals surface area contributed by atoms with Crippen LogP contribution in [0.2, 0.25) is 5.02 Å². The summed E-state index contributed by atoms with van der Waals surface area (Å²) in [6.07, 6.45) is -0.303. The lowest BCUT2D eigenvalue weighted by atomic mass is 9.99. The van der Waals surface area contributed by atoms with Gasteiger partial charge in [-0.3, -0.25) is 14.4 Å². The molecule has 4 aromatic carbocycles. The Balaban J connectivity index is 1.34. The smallest absolute Gasteiger partial charge is 0.261 e. The number of aliphatic hydroxyl groups is 1. The molecule has 2 N–H and O–H groups in total. The molecule has 0 bridgehead atoms. The largest absolute Gasteiger partial charge is 0.488 e. The minimum absolute atomic E-state index is 0.0389. The van der Waals surface area contributed by atoms with Crippen molar-refractivity contribution in [3.8, 4) is 17.2 Å². The number of ether oxygens (including phenoxy) is 2. The van der Waals surface area contributed by atoms with Crippen molar-refractivity contribution in [1.29, 1.82) is 0 Å². The van der Waals surface area contributed by atoms with E-state index in [0.29, 0.717) is 30.4 Å². The van der Waals surface area contributed by atoms with Crippen LogP contribution in [0, 0.1) is 5.92 Å². The molecule has 1 amide bonds. The van der Waals surface area contributed by atoms with Gasteiger partial charge in [0.2, 0.25) is 0 Å². The summed E-state index contributed by atoms with van der Waals surface area (Å²) < 4.78 is 41.1. The molecule has 1 heterocycles. The molecule has 0 spiro atoms. The number of hydrogen-bond donors (Lipinski definition) is 2. The van der Waals surface area contributed by atoms with Crippen molar-refractivity contribution in [1.82, 2.24) is 9.80 Å². The van der Waals surface area contributed by atoms with Crippen molar-refractivity contribution in [2.24, 2.45) is 5.92 Å². The van der Waals surface area contributed by atoms with Gasteiger partial charge in [0.05, 0.1) is 23.1 Å². The molecule has 9 nitrogen and oxygen atoms in total. The van der Waals surface area contributed by atoms with Crippen LogP contribution in [0.5, 0.6) is 17.2 Å². The Morgan fingerprint density at radius 2 is 1.70 bits per heavy atom. The third-order valence-electron chi connectivity index (χ3n) is 7.89. The van der Waals surface area contributed by atoms with E-state index in [4.69, 9.17) is 21.1 Å². The minimum Gasteiger partial charge on any atom is -0.488 e. The molecule has 0 fully saturated rings. The maximum atomic E-state index is 13.8. The number of benzene rings is 4. The summed E-state index contributed by atoms with van der Waals surface area (Å²) in [5.74, 6) is 1.46. The number of nitrogens with zero attached hydrogens (tertiary/aromatic N) is 2. The van der Waals surface area contributed by atoms with Crippen LogP contribution in [-0.2, 0) is 16.6 Å². The number of likely N-dealkylation sites (N-methyl/N-ethyl adjacent to an activating group) is 1. The number of halogens is 1. The van der Waals surface area contributed by atoms with Crippen LogP contribution in [0.3, 0.4) is 0 Å². The first-order valence-electron chi connectivity index (χ1n) is 15.0. The molecule has 0 aliphatic carbocycles. The van der Waals surface area contributed by atoms with E-state index in [-0.39, 0.29) is 40.7 Å². The Bertz CT molecular complexity index is 1740. The quantitative estimate of drug-likeness (QED) is 0.194. The van der Waals surface area contributed by atoms with Crippen LogP contribution in [0.1, 0.15) is 29.8 Å². The molecule has 0 saturated heterocycles. The molecule has 1 aliphatic rings. The molecule has 0 radical (unpaired) electrons. The Labute approximate surface area is 275 Å². The first-order chi connectivity index (χ1) is 22.0. The number of carbonyl (C=O) groups excluding carboxylic acids is 1. The van der Waals surface area contributed by atoms with Gasteiger partial charge in [-0.15, -0.1) is 0 Å². The highest BCUT2D eigenvalue weighted by Gasteiger charge is 2.33. The fourth-order valence-corrected chi connectivity index (χ4v) is 6.48. The number of para-hydroxylation sites is 1. The molecule has 5 rings (SSSR count). The number of fused-ring (bicyclic) bond motifs is 1. The van der Waals surface area contributed by atoms with Crippen molar-refractivity contribution in [3.05, 3.63) is 113 Å². The maximum Gasteiger partial charge on any atom is 0.261 e. The van der Waals surface area contributed by atoms with Gasteiger partial charge in [0, 0.05) is 36.3 Å². The van der Waals surface area contributed by atoms with Gasteiger partial charge >= 0.3 is 0 Å². The van der Waals surface area contributed by atoms with Crippen LogP contribution in [0.25, 0.3) is 0 Å². The molecule has 11 heteroatoms. The zero-order valence-corrected chi connectivity index (χ0v) is 27.5. The topological polar surface area (TPSA) is 108 Å². The molecule has 1 aliphatic heterocycles. The zero-order chi connectivity index (χ0) is 32.8. The molecule has 3 atom stereocenters. The second-order valence-corrected chi connectivity index (χ2v) is 13.8. The van der Waals surface area contributed by atoms with E-state index in [0.717, 1.165) is 17.1 Å². The summed E-state index contributed by atoms with van der Waals surface area (Å²) >= 11 is 5.92. The number of carbonyl (C=O) groups is 1. The van der Waals surface area contributed by atoms with Crippen LogP contribution >= 0.6 is 11.6 Å². The molecule has 242 valence electrons. The lowest BCUT2D eigenvalue weighted by molar-refractivity contribution is 0.0341. The lowest BCUT2D eigenvalue weighted by Crippen LogP contribution is -2.49. The zero-order valence-electron chi connectivity index (χ0n) is 26.0. The molecule has 0 aromatic heterocycles. The van der Waals surface area contributed by atoms with Crippen molar-refractivity contribution in [2.45, 2.75) is 37.4 Å². The van der Waals surface area contributed by atoms with Gasteiger partial charge in [0.1, 0.15) is 23.4 Å². The predicted octanol–water partition coefficient (Wildman–Crippen LogP) is 6.29. The number of anilines is 1. The molecule has 0 saturated carbocycles. The standard InChI is InChI=1S/C35H38ClN3O6S/c1-24-20-39(25(2)23-40)35(41)32-19-28(37-46(42,43)31-16-11-27(36)12-17-31)13-18-33(32)45-34(24)22-38(3)21-26-9-14-30(15-10-26)44-29-7-5-4-6-8-29/h4-19,24-25,34,37,40H,20-23H2,1-3H3/t24-,25+,34-/m0/s1. The molecule has 46 heavy (non-hydrogen) atoms.